The van der Waals surface area contributed by atoms with Gasteiger partial charge in [-0.15, -0.1) is 102 Å². The third kappa shape index (κ3) is 22.4. The van der Waals surface area contributed by atoms with Crippen LogP contribution in [0.2, 0.25) is 0 Å². The van der Waals surface area contributed by atoms with Gasteiger partial charge in [0.25, 0.3) is 0 Å². The molecular formula is C66H64BIr2N6O7S-4. The first kappa shape index (κ1) is 49.7. The number of para-hydroxylation sites is 1. The summed E-state index contributed by atoms with van der Waals surface area (Å²) in [6.45, 7) is -6.22. The summed E-state index contributed by atoms with van der Waals surface area (Å²) >= 11 is 0. The molecule has 0 unspecified atom stereocenters. The molecule has 0 aliphatic heterocycles. The molecule has 0 amide bonds. The van der Waals surface area contributed by atoms with E-state index in [2.05, 4.69) is 59.9 Å². The van der Waals surface area contributed by atoms with E-state index in [0.29, 0.717) is 38.9 Å². The molecule has 0 bridgehead atoms. The van der Waals surface area contributed by atoms with Crippen LogP contribution in [0.4, 0.5) is 0 Å². The zero-order chi connectivity index (χ0) is 70.6. The van der Waals surface area contributed by atoms with Crippen molar-refractivity contribution in [1.82, 2.24) is 29.9 Å². The van der Waals surface area contributed by atoms with E-state index >= 15 is 0 Å². The number of fused-ring (bicyclic) bond motifs is 6. The topological polar surface area (TPSA) is 201 Å². The van der Waals surface area contributed by atoms with E-state index in [1.165, 1.54) is 12.1 Å². The van der Waals surface area contributed by atoms with Crippen LogP contribution in [0, 0.1) is 57.4 Å². The van der Waals surface area contributed by atoms with Crippen LogP contribution in [0.15, 0.2) is 197 Å². The van der Waals surface area contributed by atoms with Gasteiger partial charge in [-0.2, -0.15) is 0 Å². The van der Waals surface area contributed by atoms with E-state index in [1.54, 1.807) is 54.9 Å². The fourth-order valence-electron chi connectivity index (χ4n) is 6.72. The maximum Gasteiger partial charge on any atom is 0.227 e. The summed E-state index contributed by atoms with van der Waals surface area (Å²) in [4.78, 5) is 24.8. The van der Waals surface area contributed by atoms with Crippen molar-refractivity contribution in [3.8, 4) is 56.9 Å². The van der Waals surface area contributed by atoms with Gasteiger partial charge in [0, 0.05) is 143 Å². The predicted molar refractivity (Wildman–Crippen MR) is 328 cm³/mol. The van der Waals surface area contributed by atoms with E-state index in [0.717, 1.165) is 49.1 Å². The molecule has 17 heteroatoms. The minimum Gasteiger partial charge on any atom is -0.748 e. The van der Waals surface area contributed by atoms with Gasteiger partial charge in [0.15, 0.2) is 0 Å². The maximum atomic E-state index is 9.08. The van der Waals surface area contributed by atoms with Gasteiger partial charge in [0.1, 0.15) is 5.58 Å². The summed E-state index contributed by atoms with van der Waals surface area (Å²) in [5.41, 5.74) is 4.88. The molecule has 2 N–H and O–H groups in total. The predicted octanol–water partition coefficient (Wildman–Crippen LogP) is 13.9. The second-order valence-corrected chi connectivity index (χ2v) is 16.7. The molecule has 0 saturated heterocycles. The van der Waals surface area contributed by atoms with Gasteiger partial charge >= 0.3 is 0 Å². The first-order valence-electron chi connectivity index (χ1n) is 31.2. The van der Waals surface area contributed by atoms with Crippen molar-refractivity contribution in [2.75, 3.05) is 20.5 Å². The van der Waals surface area contributed by atoms with Crippen LogP contribution in [-0.4, -0.2) is 82.0 Å². The molecule has 0 fully saturated rings. The number of aliphatic hydroxyl groups is 2. The molecule has 12 rings (SSSR count). The second kappa shape index (κ2) is 38.0. The monoisotopic (exact) mass is 1500 g/mol. The van der Waals surface area contributed by atoms with Crippen LogP contribution < -0.4 is 0 Å². The molecule has 8 heterocycles. The maximum absolute atomic E-state index is 9.08. The quantitative estimate of drug-likeness (QED) is 0.0730. The summed E-state index contributed by atoms with van der Waals surface area (Å²) in [5.74, 6) is 5.36. The smallest absolute Gasteiger partial charge is 0.227 e. The molecule has 83 heavy (non-hydrogen) atoms. The summed E-state index contributed by atoms with van der Waals surface area (Å²) in [5, 5.41) is 16.5. The van der Waals surface area contributed by atoms with E-state index in [1.807, 2.05) is 98.8 Å². The molecular weight excluding hydrogens is 1420 g/mol. The number of benzene rings is 4. The average molecular weight is 1500 g/mol. The molecule has 0 atom stereocenters. The second-order valence-electron chi connectivity index (χ2n) is 15.3. The molecule has 0 saturated carbocycles. The number of rotatable bonds is 4. The van der Waals surface area contributed by atoms with Gasteiger partial charge in [-0.25, -0.2) is 18.4 Å². The third-order valence-corrected chi connectivity index (χ3v) is 9.98. The van der Waals surface area contributed by atoms with Crippen molar-refractivity contribution in [2.45, 2.75) is 48.7 Å². The Hall–Kier alpha value is -7.87. The number of pyridine rings is 6. The SMILES string of the molecule is C.CC#CC.CO.CO.CS(=O)(=O)[O-].[2H]c1c(C([2H])([2H])[2H])cnc(-c2[c-]ccc3c2oc2nc(C([2H])([2H])[2H])ccc23)c1[2H].[2H]c1c(C([2H])([2H])[2H])cnc(-c2cccc3c2oc2nc(C([2H])([2H])[2H])ccc23)c1[2H].[B].[Ir].[Ir].[c-]1ccccc1-c1ccccn1.[c-]1ccccc1-c1ccccn1. The minimum absolute atomic E-state index is 0. The Kier molecular flexibility index (Phi) is 22.8. The van der Waals surface area contributed by atoms with Crippen LogP contribution in [0.5, 0.6) is 0 Å². The standard InChI is InChI=1S/C18H14N2O.C18H13N2O.2C11H8N.C4H6.CH4O3S.2CH4O.CH4.B.2Ir/c2*1-11-6-9-16(19-10-11)15-5-3-4-13-14-8-7-12(2)20-18(14)21-17(13)15;2*1-2-6-10(7-3-1)11-8-4-5-9-12-11;1-3-4-2;1-5(2,3)4;2*1-2;;;;/h3-10H,1-2H3;3-4,6-10H,1-2H3;2*1-6,8-9H;1-2H3;1H3,(H,2,3,4);2*2H,1H3;1H4;;;/q;3*-1;;;;;;;;/p-1/i2*1D3,2D3,6D,9D;;;;;;;;;;. The minimum atomic E-state index is -3.92. The van der Waals surface area contributed by atoms with Gasteiger partial charge in [0.2, 0.25) is 11.4 Å². The van der Waals surface area contributed by atoms with Gasteiger partial charge < -0.3 is 38.6 Å². The normalized spacial score (nSPS) is 13.0. The van der Waals surface area contributed by atoms with Crippen molar-refractivity contribution in [3.63, 3.8) is 0 Å². The molecule has 12 aromatic rings. The first-order valence-corrected chi connectivity index (χ1v) is 25.0. The summed E-state index contributed by atoms with van der Waals surface area (Å²) in [6, 6.07) is 49.5. The zero-order valence-electron chi connectivity index (χ0n) is 60.4. The largest absolute Gasteiger partial charge is 0.748 e. The number of furan rings is 2. The Balaban J connectivity index is 0.000000647. The number of aromatic nitrogens is 6. The van der Waals surface area contributed by atoms with Crippen molar-refractivity contribution in [2.24, 2.45) is 0 Å². The van der Waals surface area contributed by atoms with Gasteiger partial charge in [-0.3, -0.25) is 4.98 Å². The molecule has 5 radical (unpaired) electrons. The third-order valence-electron chi connectivity index (χ3n) is 9.98. The van der Waals surface area contributed by atoms with Crippen molar-refractivity contribution in [1.29, 1.82) is 0 Å². The Morgan fingerprint density at radius 2 is 1.00 bits per heavy atom. The molecule has 8 aromatic heterocycles. The van der Waals surface area contributed by atoms with E-state index in [4.69, 9.17) is 54.0 Å². The summed E-state index contributed by atoms with van der Waals surface area (Å²) in [7, 11) is -1.92. The average Bonchev–Trinajstić information content (AvgIpc) is 1.65. The molecule has 0 aliphatic rings. The molecule has 4 aromatic carbocycles. The fourth-order valence-corrected chi connectivity index (χ4v) is 6.72. The van der Waals surface area contributed by atoms with Crippen LogP contribution in [0.3, 0.4) is 0 Å². The zero-order valence-corrected chi connectivity index (χ0v) is 50.0. The number of hydrogen-bond acceptors (Lipinski definition) is 13. The van der Waals surface area contributed by atoms with Crippen molar-refractivity contribution in [3.05, 3.63) is 229 Å². The molecule has 431 valence electrons. The Labute approximate surface area is 539 Å². The summed E-state index contributed by atoms with van der Waals surface area (Å²) < 4.78 is 161. The number of nitrogens with zero attached hydrogens (tertiary/aromatic N) is 6. The molecule has 13 nitrogen and oxygen atoms in total. The van der Waals surface area contributed by atoms with E-state index in [-0.39, 0.29) is 125 Å². The fraction of sp³-hybridized carbons (Fsp3) is 0.152. The molecule has 0 spiro atoms. The van der Waals surface area contributed by atoms with Crippen molar-refractivity contribution >= 4 is 62.7 Å². The first-order chi connectivity index (χ1) is 44.8. The van der Waals surface area contributed by atoms with Crippen LogP contribution in [-0.2, 0) is 50.3 Å². The van der Waals surface area contributed by atoms with Crippen molar-refractivity contribution < 1.29 is 94.2 Å². The summed E-state index contributed by atoms with van der Waals surface area (Å²) in [6.07, 6.45) is 6.32. The van der Waals surface area contributed by atoms with Crippen LogP contribution >= 0.6 is 0 Å². The Bertz CT molecular complexity index is 4330. The molecule has 0 aliphatic carbocycles. The van der Waals surface area contributed by atoms with Gasteiger partial charge in [-0.05, 0) is 118 Å². The van der Waals surface area contributed by atoms with Crippen LogP contribution in [0.1, 0.15) is 65.7 Å². The Morgan fingerprint density at radius 1 is 0.530 bits per heavy atom. The Morgan fingerprint density at radius 3 is 1.45 bits per heavy atom. The number of hydrogen-bond donors (Lipinski definition) is 2. The number of aliphatic hydroxyl groups excluding tert-OH is 2. The van der Waals surface area contributed by atoms with Crippen LogP contribution in [0.25, 0.3) is 89.2 Å². The van der Waals surface area contributed by atoms with E-state index in [9.17, 15) is 0 Å². The van der Waals surface area contributed by atoms with Gasteiger partial charge in [-0.1, -0.05) is 72.9 Å². The number of aryl methyl sites for hydroxylation is 4. The van der Waals surface area contributed by atoms with Gasteiger partial charge in [0.05, 0.1) is 26.9 Å². The van der Waals surface area contributed by atoms with E-state index < -0.39 is 49.6 Å².